The molecule has 2 fully saturated rings. The number of hydrogen-bond acceptors (Lipinski definition) is 5. The molecule has 42 heavy (non-hydrogen) atoms. The fourth-order valence-electron chi connectivity index (χ4n) is 6.15. The van der Waals surface area contributed by atoms with Crippen LogP contribution in [0.15, 0.2) is 41.8 Å². The summed E-state index contributed by atoms with van der Waals surface area (Å²) >= 11 is 1.54. The van der Waals surface area contributed by atoms with E-state index in [2.05, 4.69) is 10.6 Å². The first kappa shape index (κ1) is 29.6. The van der Waals surface area contributed by atoms with E-state index in [1.807, 2.05) is 60.2 Å². The van der Waals surface area contributed by atoms with Crippen LogP contribution < -0.4 is 15.5 Å². The van der Waals surface area contributed by atoms with Gasteiger partial charge in [-0.2, -0.15) is 0 Å². The maximum absolute atomic E-state index is 13.5. The lowest BCUT2D eigenvalue weighted by atomic mass is 9.85. The quantitative estimate of drug-likeness (QED) is 0.352. The van der Waals surface area contributed by atoms with Crippen LogP contribution in [0.5, 0.6) is 0 Å². The van der Waals surface area contributed by atoms with E-state index in [9.17, 15) is 19.2 Å². The molecule has 0 atom stereocenters. The summed E-state index contributed by atoms with van der Waals surface area (Å²) < 4.78 is 2.78. The van der Waals surface area contributed by atoms with Crippen molar-refractivity contribution in [1.82, 2.24) is 20.1 Å². The maximum Gasteiger partial charge on any atom is 0.407 e. The summed E-state index contributed by atoms with van der Waals surface area (Å²) in [4.78, 5) is 54.1. The second-order valence-corrected chi connectivity index (χ2v) is 12.3. The summed E-state index contributed by atoms with van der Waals surface area (Å²) in [5.41, 5.74) is 3.26. The Hall–Kier alpha value is -3.86. The third kappa shape index (κ3) is 6.61. The van der Waals surface area contributed by atoms with E-state index in [1.54, 1.807) is 16.2 Å². The summed E-state index contributed by atoms with van der Waals surface area (Å²) in [6, 6.07) is 11.6. The number of carbonyl (C=O) groups is 4. The number of thiophene rings is 1. The number of piperidine rings is 1. The van der Waals surface area contributed by atoms with Gasteiger partial charge < -0.3 is 30.1 Å². The van der Waals surface area contributed by atoms with Gasteiger partial charge in [0.1, 0.15) is 12.2 Å². The average Bonchev–Trinajstić information content (AvgIpc) is 3.57. The lowest BCUT2D eigenvalue weighted by Gasteiger charge is -2.33. The third-order valence-corrected chi connectivity index (χ3v) is 9.38. The molecule has 0 spiro atoms. The zero-order valence-electron chi connectivity index (χ0n) is 24.2. The predicted octanol–water partition coefficient (Wildman–Crippen LogP) is 4.61. The molecule has 3 N–H and O–H groups in total. The van der Waals surface area contributed by atoms with Gasteiger partial charge in [-0.25, -0.2) is 4.79 Å². The number of anilines is 1. The van der Waals surface area contributed by atoms with E-state index in [1.165, 1.54) is 4.90 Å². The largest absolute Gasteiger partial charge is 0.465 e. The van der Waals surface area contributed by atoms with Gasteiger partial charge in [0.25, 0.3) is 5.91 Å². The molecular formula is C31H39N5O5S. The molecule has 1 aliphatic carbocycles. The normalized spacial score (nSPS) is 19.4. The Bertz CT molecular complexity index is 1450. The first-order valence-electron chi connectivity index (χ1n) is 14.8. The smallest absolute Gasteiger partial charge is 0.407 e. The van der Waals surface area contributed by atoms with Crippen molar-refractivity contribution < 1.29 is 24.3 Å². The number of carbonyl (C=O) groups excluding carboxylic acids is 3. The van der Waals surface area contributed by atoms with Crippen LogP contribution in [0.25, 0.3) is 10.2 Å². The van der Waals surface area contributed by atoms with Gasteiger partial charge >= 0.3 is 6.09 Å². The van der Waals surface area contributed by atoms with Crippen LogP contribution >= 0.6 is 11.3 Å². The van der Waals surface area contributed by atoms with Crippen LogP contribution in [0.1, 0.15) is 61.5 Å². The van der Waals surface area contributed by atoms with E-state index in [4.69, 9.17) is 5.11 Å². The summed E-state index contributed by atoms with van der Waals surface area (Å²) in [6.07, 6.45) is 3.11. The van der Waals surface area contributed by atoms with E-state index in [-0.39, 0.29) is 42.3 Å². The summed E-state index contributed by atoms with van der Waals surface area (Å²) in [7, 11) is 0. The van der Waals surface area contributed by atoms with Crippen LogP contribution in [0, 0.1) is 12.8 Å². The van der Waals surface area contributed by atoms with Crippen molar-refractivity contribution in [3.63, 3.8) is 0 Å². The van der Waals surface area contributed by atoms with Gasteiger partial charge in [0.05, 0.1) is 10.2 Å². The standard InChI is InChI=1S/C31H39N5O5S/c1-3-35(24-6-4-5-20(2)17-24)28(37)19-36-25-13-16-42-27(25)18-26(36)30(39)33-22-9-7-21(8-10-22)29(38)32-23-11-14-34(15-12-23)31(40)41/h4-6,13,16-18,21-23H,3,7-12,14-15,19H2,1-2H3,(H,32,38)(H,33,39)(H,40,41)/t21-,22-. The Morgan fingerprint density at radius 3 is 2.36 bits per heavy atom. The molecule has 1 aromatic carbocycles. The molecule has 1 aliphatic heterocycles. The molecular weight excluding hydrogens is 554 g/mol. The van der Waals surface area contributed by atoms with Crippen LogP contribution in [0.3, 0.4) is 0 Å². The molecule has 3 heterocycles. The number of nitrogens with one attached hydrogen (secondary N) is 2. The Morgan fingerprint density at radius 1 is 0.976 bits per heavy atom. The molecule has 0 bridgehead atoms. The molecule has 1 saturated heterocycles. The average molecular weight is 594 g/mol. The highest BCUT2D eigenvalue weighted by Crippen LogP contribution is 2.28. The third-order valence-electron chi connectivity index (χ3n) is 8.52. The van der Waals surface area contributed by atoms with Gasteiger partial charge in [0.15, 0.2) is 0 Å². The van der Waals surface area contributed by atoms with Gasteiger partial charge in [0, 0.05) is 43.3 Å². The van der Waals surface area contributed by atoms with E-state index < -0.39 is 6.09 Å². The van der Waals surface area contributed by atoms with Crippen LogP contribution in [-0.4, -0.2) is 70.1 Å². The summed E-state index contributed by atoms with van der Waals surface area (Å²) in [5.74, 6) is -0.372. The van der Waals surface area contributed by atoms with Crippen molar-refractivity contribution in [2.24, 2.45) is 5.92 Å². The lowest BCUT2D eigenvalue weighted by Crippen LogP contribution is -2.48. The van der Waals surface area contributed by atoms with Crippen molar-refractivity contribution in [3.05, 3.63) is 53.0 Å². The fourth-order valence-corrected chi connectivity index (χ4v) is 6.97. The van der Waals surface area contributed by atoms with Crippen molar-refractivity contribution in [2.75, 3.05) is 24.5 Å². The van der Waals surface area contributed by atoms with Gasteiger partial charge in [0.2, 0.25) is 11.8 Å². The topological polar surface area (TPSA) is 124 Å². The highest BCUT2D eigenvalue weighted by Gasteiger charge is 2.31. The monoisotopic (exact) mass is 593 g/mol. The molecule has 5 rings (SSSR count). The molecule has 0 radical (unpaired) electrons. The van der Waals surface area contributed by atoms with Crippen molar-refractivity contribution >= 4 is 51.1 Å². The number of rotatable bonds is 8. The highest BCUT2D eigenvalue weighted by molar-refractivity contribution is 7.17. The molecule has 11 heteroatoms. The molecule has 10 nitrogen and oxygen atoms in total. The van der Waals surface area contributed by atoms with Crippen molar-refractivity contribution in [1.29, 1.82) is 0 Å². The maximum atomic E-state index is 13.5. The highest BCUT2D eigenvalue weighted by atomic mass is 32.1. The molecule has 224 valence electrons. The molecule has 1 saturated carbocycles. The summed E-state index contributed by atoms with van der Waals surface area (Å²) in [6.45, 7) is 5.40. The Morgan fingerprint density at radius 2 is 1.69 bits per heavy atom. The lowest BCUT2D eigenvalue weighted by molar-refractivity contribution is -0.127. The van der Waals surface area contributed by atoms with Gasteiger partial charge in [-0.05, 0) is 87.6 Å². The SMILES string of the molecule is CCN(C(=O)Cn1c(C(=O)N[C@H]2CC[C@H](C(=O)NC3CCN(C(=O)O)CC3)CC2)cc2sccc21)c1cccc(C)c1. The van der Waals surface area contributed by atoms with Crippen LogP contribution in [0.4, 0.5) is 10.5 Å². The Labute approximate surface area is 249 Å². The first-order valence-corrected chi connectivity index (χ1v) is 15.6. The minimum atomic E-state index is -0.913. The molecule has 2 aromatic heterocycles. The minimum Gasteiger partial charge on any atom is -0.465 e. The minimum absolute atomic E-state index is 0.00411. The number of carboxylic acid groups (broad SMARTS) is 1. The number of hydrogen-bond donors (Lipinski definition) is 3. The van der Waals surface area contributed by atoms with Crippen molar-refractivity contribution in [2.45, 2.75) is 71.0 Å². The van der Waals surface area contributed by atoms with E-state index >= 15 is 0 Å². The van der Waals surface area contributed by atoms with Gasteiger partial charge in [-0.1, -0.05) is 12.1 Å². The zero-order chi connectivity index (χ0) is 29.8. The van der Waals surface area contributed by atoms with Crippen LogP contribution in [0.2, 0.25) is 0 Å². The van der Waals surface area contributed by atoms with Gasteiger partial charge in [-0.15, -0.1) is 11.3 Å². The number of nitrogens with zero attached hydrogens (tertiary/aromatic N) is 3. The number of amides is 4. The Kier molecular flexibility index (Phi) is 9.15. The predicted molar refractivity (Wildman–Crippen MR) is 163 cm³/mol. The number of fused-ring (bicyclic) bond motifs is 1. The molecule has 3 aromatic rings. The van der Waals surface area contributed by atoms with E-state index in [0.717, 1.165) is 21.5 Å². The van der Waals surface area contributed by atoms with E-state index in [0.29, 0.717) is 63.9 Å². The number of aromatic nitrogens is 1. The van der Waals surface area contributed by atoms with Crippen LogP contribution in [-0.2, 0) is 16.1 Å². The summed E-state index contributed by atoms with van der Waals surface area (Å²) in [5, 5.41) is 17.4. The second-order valence-electron chi connectivity index (χ2n) is 11.3. The van der Waals surface area contributed by atoms with Gasteiger partial charge in [-0.3, -0.25) is 14.4 Å². The first-order chi connectivity index (χ1) is 20.2. The molecule has 2 aliphatic rings. The zero-order valence-corrected chi connectivity index (χ0v) is 25.0. The molecule has 0 unspecified atom stereocenters. The Balaban J connectivity index is 1.18. The number of likely N-dealkylation sites (N-methyl/N-ethyl adjacent to an activating group) is 1. The number of aryl methyl sites for hydroxylation is 1. The van der Waals surface area contributed by atoms with Crippen molar-refractivity contribution in [3.8, 4) is 0 Å². The fraction of sp³-hybridized carbons (Fsp3) is 0.484. The number of likely N-dealkylation sites (tertiary alicyclic amines) is 1. The number of benzene rings is 1. The molecule has 4 amide bonds. The second kappa shape index (κ2) is 13.0.